The van der Waals surface area contributed by atoms with Crippen LogP contribution in [0, 0.1) is 5.41 Å². The van der Waals surface area contributed by atoms with E-state index in [0.29, 0.717) is 12.0 Å². The van der Waals surface area contributed by atoms with E-state index in [2.05, 4.69) is 30.9 Å². The van der Waals surface area contributed by atoms with Gasteiger partial charge in [0.1, 0.15) is 0 Å². The second kappa shape index (κ2) is 4.77. The predicted molar refractivity (Wildman–Crippen MR) is 66.6 cm³/mol. The number of hydrogen-bond donors (Lipinski definition) is 1. The van der Waals surface area contributed by atoms with E-state index < -0.39 is 0 Å². The summed E-state index contributed by atoms with van der Waals surface area (Å²) in [7, 11) is 0. The summed E-state index contributed by atoms with van der Waals surface area (Å²) in [6.45, 7) is 6.55. The minimum Gasteiger partial charge on any atom is -0.339 e. The average molecular weight is 237 g/mol. The third-order valence-electron chi connectivity index (χ3n) is 3.29. The second-order valence-electron chi connectivity index (χ2n) is 6.40. The van der Waals surface area contributed by atoms with E-state index in [1.807, 2.05) is 0 Å². The Kier molecular flexibility index (Phi) is 3.52. The topological polar surface area (TPSA) is 64.9 Å². The maximum atomic E-state index is 5.90. The van der Waals surface area contributed by atoms with Crippen molar-refractivity contribution in [1.82, 2.24) is 10.1 Å². The van der Waals surface area contributed by atoms with Crippen molar-refractivity contribution in [3.8, 4) is 0 Å². The smallest absolute Gasteiger partial charge is 0.229 e. The van der Waals surface area contributed by atoms with Gasteiger partial charge < -0.3 is 10.3 Å². The van der Waals surface area contributed by atoms with E-state index >= 15 is 0 Å². The first-order valence-corrected chi connectivity index (χ1v) is 6.52. The normalized spacial score (nSPS) is 26.1. The molecule has 0 aromatic carbocycles. The van der Waals surface area contributed by atoms with E-state index in [1.165, 1.54) is 0 Å². The predicted octanol–water partition coefficient (Wildman–Crippen LogP) is 2.64. The van der Waals surface area contributed by atoms with Crippen molar-refractivity contribution in [3.05, 3.63) is 11.7 Å². The molecule has 0 saturated heterocycles. The Balaban J connectivity index is 1.98. The SMILES string of the molecule is CC(C)(C)Cc1noc(C2CCC(N)CC2)n1. The number of hydrogen-bond acceptors (Lipinski definition) is 4. The van der Waals surface area contributed by atoms with Gasteiger partial charge in [-0.25, -0.2) is 0 Å². The Morgan fingerprint density at radius 1 is 1.24 bits per heavy atom. The fraction of sp³-hybridized carbons (Fsp3) is 0.846. The minimum atomic E-state index is 0.204. The first-order chi connectivity index (χ1) is 7.94. The van der Waals surface area contributed by atoms with Gasteiger partial charge in [-0.1, -0.05) is 25.9 Å². The number of nitrogens with zero attached hydrogens (tertiary/aromatic N) is 2. The molecule has 1 saturated carbocycles. The van der Waals surface area contributed by atoms with Crippen LogP contribution < -0.4 is 5.73 Å². The zero-order valence-corrected chi connectivity index (χ0v) is 11.1. The van der Waals surface area contributed by atoms with Crippen LogP contribution in [-0.4, -0.2) is 16.2 Å². The second-order valence-corrected chi connectivity index (χ2v) is 6.40. The lowest BCUT2D eigenvalue weighted by Crippen LogP contribution is -2.25. The maximum absolute atomic E-state index is 5.90. The molecular formula is C13H23N3O. The standard InChI is InChI=1S/C13H23N3O/c1-13(2,3)8-11-15-12(17-16-11)9-4-6-10(14)7-5-9/h9-10H,4-8,14H2,1-3H3. The molecule has 0 bridgehead atoms. The van der Waals surface area contributed by atoms with Gasteiger partial charge in [0.05, 0.1) is 0 Å². The molecule has 1 aromatic heterocycles. The Morgan fingerprint density at radius 3 is 2.47 bits per heavy atom. The lowest BCUT2D eigenvalue weighted by atomic mass is 9.86. The van der Waals surface area contributed by atoms with Crippen LogP contribution >= 0.6 is 0 Å². The van der Waals surface area contributed by atoms with Crippen LogP contribution in [0.15, 0.2) is 4.52 Å². The first kappa shape index (κ1) is 12.6. The summed E-state index contributed by atoms with van der Waals surface area (Å²) < 4.78 is 5.38. The van der Waals surface area contributed by atoms with Crippen LogP contribution in [0.4, 0.5) is 0 Å². The molecule has 0 spiro atoms. The largest absolute Gasteiger partial charge is 0.339 e. The maximum Gasteiger partial charge on any atom is 0.229 e. The molecule has 1 aromatic rings. The van der Waals surface area contributed by atoms with Gasteiger partial charge in [-0.2, -0.15) is 4.98 Å². The minimum absolute atomic E-state index is 0.204. The Hall–Kier alpha value is -0.900. The van der Waals surface area contributed by atoms with Crippen LogP contribution in [-0.2, 0) is 6.42 Å². The van der Waals surface area contributed by atoms with E-state index in [4.69, 9.17) is 10.3 Å². The van der Waals surface area contributed by atoms with Crippen molar-refractivity contribution in [2.45, 2.75) is 64.8 Å². The number of nitrogens with two attached hydrogens (primary N) is 1. The summed E-state index contributed by atoms with van der Waals surface area (Å²) in [4.78, 5) is 4.53. The summed E-state index contributed by atoms with van der Waals surface area (Å²) in [6.07, 6.45) is 5.17. The molecule has 17 heavy (non-hydrogen) atoms. The Labute approximate surface area is 103 Å². The van der Waals surface area contributed by atoms with Crippen molar-refractivity contribution in [2.75, 3.05) is 0 Å². The molecule has 2 rings (SSSR count). The summed E-state index contributed by atoms with van der Waals surface area (Å²) in [5.74, 6) is 2.08. The zero-order valence-electron chi connectivity index (χ0n) is 11.1. The number of aromatic nitrogens is 2. The van der Waals surface area contributed by atoms with Gasteiger partial charge in [-0.15, -0.1) is 0 Å². The molecule has 0 aliphatic heterocycles. The highest BCUT2D eigenvalue weighted by Gasteiger charge is 2.25. The van der Waals surface area contributed by atoms with E-state index in [9.17, 15) is 0 Å². The molecule has 0 unspecified atom stereocenters. The van der Waals surface area contributed by atoms with Crippen molar-refractivity contribution in [1.29, 1.82) is 0 Å². The molecule has 96 valence electrons. The monoisotopic (exact) mass is 237 g/mol. The highest BCUT2D eigenvalue weighted by Crippen LogP contribution is 2.31. The van der Waals surface area contributed by atoms with Gasteiger partial charge in [0.25, 0.3) is 0 Å². The van der Waals surface area contributed by atoms with Crippen LogP contribution in [0.25, 0.3) is 0 Å². The number of rotatable bonds is 2. The summed E-state index contributed by atoms with van der Waals surface area (Å²) in [5, 5.41) is 4.08. The van der Waals surface area contributed by atoms with Gasteiger partial charge >= 0.3 is 0 Å². The van der Waals surface area contributed by atoms with Crippen molar-refractivity contribution in [2.24, 2.45) is 11.1 Å². The lowest BCUT2D eigenvalue weighted by molar-refractivity contribution is 0.297. The lowest BCUT2D eigenvalue weighted by Gasteiger charge is -2.23. The van der Waals surface area contributed by atoms with E-state index in [0.717, 1.165) is 43.8 Å². The molecule has 4 heteroatoms. The Morgan fingerprint density at radius 2 is 1.88 bits per heavy atom. The highest BCUT2D eigenvalue weighted by atomic mass is 16.5. The van der Waals surface area contributed by atoms with Gasteiger partial charge in [0, 0.05) is 18.4 Å². The van der Waals surface area contributed by atoms with E-state index in [1.54, 1.807) is 0 Å². The molecule has 1 aliphatic rings. The van der Waals surface area contributed by atoms with Crippen LogP contribution in [0.2, 0.25) is 0 Å². The molecular weight excluding hydrogens is 214 g/mol. The third-order valence-corrected chi connectivity index (χ3v) is 3.29. The fourth-order valence-corrected chi connectivity index (χ4v) is 2.35. The van der Waals surface area contributed by atoms with Crippen LogP contribution in [0.5, 0.6) is 0 Å². The first-order valence-electron chi connectivity index (χ1n) is 6.52. The van der Waals surface area contributed by atoms with Gasteiger partial charge in [-0.3, -0.25) is 0 Å². The molecule has 1 heterocycles. The molecule has 4 nitrogen and oxygen atoms in total. The molecule has 2 N–H and O–H groups in total. The summed E-state index contributed by atoms with van der Waals surface area (Å²) in [5.41, 5.74) is 6.10. The van der Waals surface area contributed by atoms with Crippen molar-refractivity contribution < 1.29 is 4.52 Å². The summed E-state index contributed by atoms with van der Waals surface area (Å²) in [6, 6.07) is 0.364. The molecule has 0 atom stereocenters. The molecule has 0 radical (unpaired) electrons. The van der Waals surface area contributed by atoms with Crippen LogP contribution in [0.1, 0.15) is 64.1 Å². The van der Waals surface area contributed by atoms with Gasteiger partial charge in [-0.05, 0) is 31.1 Å². The molecule has 1 fully saturated rings. The third kappa shape index (κ3) is 3.53. The zero-order chi connectivity index (χ0) is 12.5. The average Bonchev–Trinajstić information content (AvgIpc) is 2.64. The quantitative estimate of drug-likeness (QED) is 0.858. The van der Waals surface area contributed by atoms with E-state index in [-0.39, 0.29) is 5.41 Å². The summed E-state index contributed by atoms with van der Waals surface area (Å²) >= 11 is 0. The molecule has 1 aliphatic carbocycles. The molecule has 0 amide bonds. The fourth-order valence-electron chi connectivity index (χ4n) is 2.35. The van der Waals surface area contributed by atoms with Crippen molar-refractivity contribution >= 4 is 0 Å². The van der Waals surface area contributed by atoms with Crippen molar-refractivity contribution in [3.63, 3.8) is 0 Å². The van der Waals surface area contributed by atoms with Gasteiger partial charge in [0.2, 0.25) is 5.89 Å². The van der Waals surface area contributed by atoms with Gasteiger partial charge in [0.15, 0.2) is 5.82 Å². The Bertz CT molecular complexity index is 359. The highest BCUT2D eigenvalue weighted by molar-refractivity contribution is 4.98. The van der Waals surface area contributed by atoms with Crippen LogP contribution in [0.3, 0.4) is 0 Å².